The van der Waals surface area contributed by atoms with Gasteiger partial charge in [0.2, 0.25) is 0 Å². The Morgan fingerprint density at radius 2 is 1.74 bits per heavy atom. The molecule has 1 aliphatic rings. The van der Waals surface area contributed by atoms with Gasteiger partial charge in [-0.3, -0.25) is 19.5 Å². The summed E-state index contributed by atoms with van der Waals surface area (Å²) in [6.45, 7) is 3.04. The molecule has 1 heterocycles. The molecule has 0 saturated heterocycles. The standard InChI is InChI=1S/C21H24N4O2/c1-2-15-8-7-9-16(14-15)24-21(22)23-12-5-6-13-25-19(26)17-10-3-4-11-18(17)20(25)27/h3-4,7-11,14H,2,5-6,12-13H2,1H3,(H3,22,23,24). The molecule has 3 N–H and O–H groups in total. The fraction of sp³-hybridized carbons (Fsp3) is 0.286. The molecule has 0 unspecified atom stereocenters. The molecule has 2 aromatic carbocycles. The zero-order valence-electron chi connectivity index (χ0n) is 15.4. The van der Waals surface area contributed by atoms with Gasteiger partial charge in [-0.2, -0.15) is 0 Å². The van der Waals surface area contributed by atoms with Crippen molar-refractivity contribution in [3.05, 3.63) is 65.2 Å². The Hall–Kier alpha value is -3.15. The van der Waals surface area contributed by atoms with Crippen LogP contribution in [0, 0.1) is 0 Å². The third kappa shape index (κ3) is 4.34. The highest BCUT2D eigenvalue weighted by molar-refractivity contribution is 6.21. The lowest BCUT2D eigenvalue weighted by Crippen LogP contribution is -2.30. The van der Waals surface area contributed by atoms with Crippen molar-refractivity contribution in [3.8, 4) is 0 Å². The van der Waals surface area contributed by atoms with Crippen molar-refractivity contribution in [2.45, 2.75) is 26.2 Å². The van der Waals surface area contributed by atoms with Crippen molar-refractivity contribution in [1.82, 2.24) is 4.90 Å². The second-order valence-corrected chi connectivity index (χ2v) is 6.46. The van der Waals surface area contributed by atoms with Crippen molar-refractivity contribution in [2.24, 2.45) is 10.7 Å². The summed E-state index contributed by atoms with van der Waals surface area (Å²) in [7, 11) is 0. The van der Waals surface area contributed by atoms with Crippen LogP contribution in [0.3, 0.4) is 0 Å². The van der Waals surface area contributed by atoms with Crippen LogP contribution in [0.4, 0.5) is 5.69 Å². The second-order valence-electron chi connectivity index (χ2n) is 6.46. The minimum atomic E-state index is -0.212. The zero-order chi connectivity index (χ0) is 19.2. The smallest absolute Gasteiger partial charge is 0.261 e. The van der Waals surface area contributed by atoms with Crippen LogP contribution in [-0.2, 0) is 6.42 Å². The van der Waals surface area contributed by atoms with E-state index in [1.165, 1.54) is 10.5 Å². The van der Waals surface area contributed by atoms with Gasteiger partial charge in [-0.25, -0.2) is 0 Å². The van der Waals surface area contributed by atoms with Crippen LogP contribution in [0.25, 0.3) is 0 Å². The predicted molar refractivity (Wildman–Crippen MR) is 107 cm³/mol. The van der Waals surface area contributed by atoms with Crippen molar-refractivity contribution in [1.29, 1.82) is 0 Å². The topological polar surface area (TPSA) is 87.8 Å². The van der Waals surface area contributed by atoms with Crippen molar-refractivity contribution in [3.63, 3.8) is 0 Å². The highest BCUT2D eigenvalue weighted by atomic mass is 16.2. The average Bonchev–Trinajstić information content (AvgIpc) is 2.93. The van der Waals surface area contributed by atoms with E-state index in [-0.39, 0.29) is 11.8 Å². The molecule has 6 nitrogen and oxygen atoms in total. The number of fused-ring (bicyclic) bond motifs is 1. The molecular weight excluding hydrogens is 340 g/mol. The highest BCUT2D eigenvalue weighted by Crippen LogP contribution is 2.22. The minimum absolute atomic E-state index is 0.212. The first-order valence-corrected chi connectivity index (χ1v) is 9.21. The normalized spacial score (nSPS) is 13.8. The average molecular weight is 364 g/mol. The number of guanidine groups is 1. The van der Waals surface area contributed by atoms with Crippen molar-refractivity contribution >= 4 is 23.5 Å². The van der Waals surface area contributed by atoms with Gasteiger partial charge in [0.25, 0.3) is 11.8 Å². The van der Waals surface area contributed by atoms with Crippen LogP contribution in [-0.4, -0.2) is 35.8 Å². The second kappa shape index (κ2) is 8.49. The number of unbranched alkanes of at least 4 members (excludes halogenated alkanes) is 1. The summed E-state index contributed by atoms with van der Waals surface area (Å²) < 4.78 is 0. The molecule has 2 aromatic rings. The molecule has 2 amide bonds. The molecule has 0 spiro atoms. The van der Waals surface area contributed by atoms with Crippen LogP contribution in [0.15, 0.2) is 53.5 Å². The summed E-state index contributed by atoms with van der Waals surface area (Å²) in [5.41, 5.74) is 9.05. The van der Waals surface area contributed by atoms with E-state index in [9.17, 15) is 9.59 Å². The Balaban J connectivity index is 1.44. The molecule has 0 radical (unpaired) electrons. The van der Waals surface area contributed by atoms with E-state index in [4.69, 9.17) is 5.73 Å². The largest absolute Gasteiger partial charge is 0.370 e. The third-order valence-electron chi connectivity index (χ3n) is 4.56. The molecule has 0 atom stereocenters. The van der Waals surface area contributed by atoms with Gasteiger partial charge < -0.3 is 11.1 Å². The van der Waals surface area contributed by atoms with Crippen LogP contribution >= 0.6 is 0 Å². The van der Waals surface area contributed by atoms with E-state index in [0.29, 0.717) is 36.6 Å². The number of carbonyl (C=O) groups is 2. The number of carbonyl (C=O) groups excluding carboxylic acids is 2. The Bertz CT molecular complexity index is 841. The van der Waals surface area contributed by atoms with Gasteiger partial charge in [-0.05, 0) is 49.1 Å². The molecule has 6 heteroatoms. The van der Waals surface area contributed by atoms with E-state index in [1.807, 2.05) is 18.2 Å². The van der Waals surface area contributed by atoms with Crippen LogP contribution < -0.4 is 11.1 Å². The first kappa shape index (κ1) is 18.6. The summed E-state index contributed by atoms with van der Waals surface area (Å²) in [6.07, 6.45) is 2.39. The minimum Gasteiger partial charge on any atom is -0.370 e. The molecule has 0 saturated carbocycles. The van der Waals surface area contributed by atoms with E-state index < -0.39 is 0 Å². The number of amides is 2. The molecule has 3 rings (SSSR count). The monoisotopic (exact) mass is 364 g/mol. The van der Waals surface area contributed by atoms with Gasteiger partial charge in [-0.1, -0.05) is 31.2 Å². The molecule has 0 bridgehead atoms. The Labute approximate surface area is 159 Å². The van der Waals surface area contributed by atoms with Gasteiger partial charge >= 0.3 is 0 Å². The Morgan fingerprint density at radius 3 is 2.41 bits per heavy atom. The molecule has 0 aromatic heterocycles. The fourth-order valence-electron chi connectivity index (χ4n) is 3.08. The lowest BCUT2D eigenvalue weighted by Gasteiger charge is -2.13. The molecule has 27 heavy (non-hydrogen) atoms. The maximum Gasteiger partial charge on any atom is 0.261 e. The van der Waals surface area contributed by atoms with E-state index in [0.717, 1.165) is 18.5 Å². The number of benzene rings is 2. The fourth-order valence-corrected chi connectivity index (χ4v) is 3.08. The summed E-state index contributed by atoms with van der Waals surface area (Å²) >= 11 is 0. The maximum atomic E-state index is 12.3. The van der Waals surface area contributed by atoms with Crippen molar-refractivity contribution in [2.75, 3.05) is 18.4 Å². The zero-order valence-corrected chi connectivity index (χ0v) is 15.4. The van der Waals surface area contributed by atoms with Gasteiger partial charge in [-0.15, -0.1) is 0 Å². The lowest BCUT2D eigenvalue weighted by molar-refractivity contribution is 0.0652. The number of aliphatic imine (C=N–C) groups is 1. The number of anilines is 1. The number of nitrogens with two attached hydrogens (primary N) is 1. The summed E-state index contributed by atoms with van der Waals surface area (Å²) in [4.78, 5) is 30.2. The molecule has 0 aliphatic carbocycles. The number of imide groups is 1. The molecular formula is C21H24N4O2. The van der Waals surface area contributed by atoms with Gasteiger partial charge in [0.15, 0.2) is 5.96 Å². The first-order valence-electron chi connectivity index (χ1n) is 9.21. The first-order chi connectivity index (χ1) is 13.1. The van der Waals surface area contributed by atoms with Gasteiger partial charge in [0.1, 0.15) is 0 Å². The number of hydrogen-bond acceptors (Lipinski definition) is 3. The van der Waals surface area contributed by atoms with E-state index >= 15 is 0 Å². The number of aryl methyl sites for hydroxylation is 1. The third-order valence-corrected chi connectivity index (χ3v) is 4.56. The quantitative estimate of drug-likeness (QED) is 0.342. The Kier molecular flexibility index (Phi) is 5.86. The maximum absolute atomic E-state index is 12.3. The highest BCUT2D eigenvalue weighted by Gasteiger charge is 2.34. The number of hydrogen-bond donors (Lipinski definition) is 2. The number of rotatable bonds is 7. The number of nitrogens with one attached hydrogen (secondary N) is 1. The van der Waals surface area contributed by atoms with Crippen LogP contribution in [0.2, 0.25) is 0 Å². The van der Waals surface area contributed by atoms with E-state index in [2.05, 4.69) is 23.3 Å². The number of nitrogens with zero attached hydrogens (tertiary/aromatic N) is 2. The molecule has 1 aliphatic heterocycles. The summed E-state index contributed by atoms with van der Waals surface area (Å²) in [5, 5.41) is 3.08. The van der Waals surface area contributed by atoms with Crippen LogP contribution in [0.1, 0.15) is 46.0 Å². The molecule has 140 valence electrons. The summed E-state index contributed by atoms with van der Waals surface area (Å²) in [6, 6.07) is 15.0. The van der Waals surface area contributed by atoms with Gasteiger partial charge in [0, 0.05) is 18.8 Å². The Morgan fingerprint density at radius 1 is 1.04 bits per heavy atom. The van der Waals surface area contributed by atoms with Crippen LogP contribution in [0.5, 0.6) is 0 Å². The SMILES string of the molecule is CCc1cccc(NC(N)=NCCCCN2C(=O)c3ccccc3C2=O)c1. The molecule has 0 fully saturated rings. The van der Waals surface area contributed by atoms with Gasteiger partial charge in [0.05, 0.1) is 11.1 Å². The summed E-state index contributed by atoms with van der Waals surface area (Å²) in [5.74, 6) is -0.0591. The van der Waals surface area contributed by atoms with E-state index in [1.54, 1.807) is 24.3 Å². The predicted octanol–water partition coefficient (Wildman–Crippen LogP) is 3.05. The van der Waals surface area contributed by atoms with Crippen molar-refractivity contribution < 1.29 is 9.59 Å². The lowest BCUT2D eigenvalue weighted by atomic mass is 10.1.